The molecule has 0 N–H and O–H groups in total. The Morgan fingerprint density at radius 2 is 1.61 bits per heavy atom. The summed E-state index contributed by atoms with van der Waals surface area (Å²) in [5, 5.41) is 1.63. The highest BCUT2D eigenvalue weighted by atomic mass is 19.4. The van der Waals surface area contributed by atoms with Gasteiger partial charge in [0.2, 0.25) is 0 Å². The van der Waals surface area contributed by atoms with E-state index in [1.807, 2.05) is 0 Å². The van der Waals surface area contributed by atoms with Crippen molar-refractivity contribution in [2.45, 2.75) is 18.7 Å². The van der Waals surface area contributed by atoms with Gasteiger partial charge in [-0.05, 0) is 35.7 Å². The number of halogens is 4. The van der Waals surface area contributed by atoms with Gasteiger partial charge in [-0.2, -0.15) is 18.2 Å². The molecule has 0 bridgehead atoms. The minimum atomic E-state index is -4.48. The lowest BCUT2D eigenvalue weighted by Crippen LogP contribution is -2.38. The van der Waals surface area contributed by atoms with Crippen LogP contribution in [0.25, 0.3) is 0 Å². The van der Waals surface area contributed by atoms with Crippen LogP contribution in [0.5, 0.6) is 0 Å². The smallest absolute Gasteiger partial charge is 0.286 e. The number of nitrogens with zero attached hydrogens (tertiary/aromatic N) is 1. The molecule has 2 aromatic rings. The van der Waals surface area contributed by atoms with Gasteiger partial charge in [-0.15, -0.1) is 0 Å². The van der Waals surface area contributed by atoms with Crippen LogP contribution in [0.4, 0.5) is 17.6 Å². The second kappa shape index (κ2) is 6.29. The van der Waals surface area contributed by atoms with Gasteiger partial charge in [-0.25, -0.2) is 4.39 Å². The van der Waals surface area contributed by atoms with Crippen LogP contribution in [0.1, 0.15) is 29.2 Å². The van der Waals surface area contributed by atoms with Crippen molar-refractivity contribution in [3.63, 3.8) is 0 Å². The molecule has 1 unspecified atom stereocenters. The first-order valence-corrected chi connectivity index (χ1v) is 7.28. The summed E-state index contributed by atoms with van der Waals surface area (Å²) in [5.74, 6) is -0.444. The molecule has 0 saturated carbocycles. The monoisotopic (exact) mass is 325 g/mol. The van der Waals surface area contributed by atoms with Gasteiger partial charge in [-0.3, -0.25) is 4.84 Å². The highest BCUT2D eigenvalue weighted by molar-refractivity contribution is 5.37. The molecule has 1 aliphatic heterocycles. The van der Waals surface area contributed by atoms with Crippen molar-refractivity contribution in [3.05, 3.63) is 71.0 Å². The molecule has 3 rings (SSSR count). The third kappa shape index (κ3) is 3.54. The second-order valence-corrected chi connectivity index (χ2v) is 5.40. The third-order valence-electron chi connectivity index (χ3n) is 3.79. The fraction of sp³-hybridized carbons (Fsp3) is 0.294. The number of hydrogen-bond donors (Lipinski definition) is 0. The van der Waals surface area contributed by atoms with Gasteiger partial charge in [0.15, 0.2) is 0 Å². The molecular weight excluding hydrogens is 310 g/mol. The molecule has 2 nitrogen and oxygen atoms in total. The van der Waals surface area contributed by atoms with Crippen LogP contribution in [0.2, 0.25) is 0 Å². The van der Waals surface area contributed by atoms with Gasteiger partial charge >= 0.3 is 6.18 Å². The fourth-order valence-electron chi connectivity index (χ4n) is 2.46. The summed E-state index contributed by atoms with van der Waals surface area (Å²) in [6, 6.07) is 10.7. The van der Waals surface area contributed by atoms with E-state index in [0.29, 0.717) is 18.7 Å². The van der Waals surface area contributed by atoms with Crippen LogP contribution >= 0.6 is 0 Å². The Hall–Kier alpha value is -1.92. The predicted octanol–water partition coefficient (Wildman–Crippen LogP) is 4.57. The molecule has 1 atom stereocenters. The van der Waals surface area contributed by atoms with Gasteiger partial charge in [0.1, 0.15) is 11.9 Å². The van der Waals surface area contributed by atoms with E-state index >= 15 is 0 Å². The zero-order valence-electron chi connectivity index (χ0n) is 12.2. The number of rotatable bonds is 4. The third-order valence-corrected chi connectivity index (χ3v) is 3.79. The molecule has 0 radical (unpaired) electrons. The maximum absolute atomic E-state index is 13.3. The zero-order chi connectivity index (χ0) is 16.4. The van der Waals surface area contributed by atoms with Crippen molar-refractivity contribution in [2.75, 3.05) is 13.1 Å². The molecule has 6 heteroatoms. The van der Waals surface area contributed by atoms with E-state index in [2.05, 4.69) is 0 Å². The highest BCUT2D eigenvalue weighted by Gasteiger charge is 2.36. The summed E-state index contributed by atoms with van der Waals surface area (Å²) in [5.41, 5.74) is -0.233. The van der Waals surface area contributed by atoms with Gasteiger partial charge in [-0.1, -0.05) is 30.3 Å². The van der Waals surface area contributed by atoms with E-state index < -0.39 is 23.7 Å². The summed E-state index contributed by atoms with van der Waals surface area (Å²) in [6.45, 7) is 1.34. The van der Waals surface area contributed by atoms with E-state index in [0.717, 1.165) is 12.5 Å². The molecule has 122 valence electrons. The molecule has 1 saturated heterocycles. The zero-order valence-corrected chi connectivity index (χ0v) is 12.2. The first-order chi connectivity index (χ1) is 10.9. The van der Waals surface area contributed by atoms with Gasteiger partial charge in [0.25, 0.3) is 0 Å². The molecule has 0 aromatic heterocycles. The minimum Gasteiger partial charge on any atom is -0.286 e. The molecule has 1 fully saturated rings. The summed E-state index contributed by atoms with van der Waals surface area (Å²) in [6.07, 6.45) is -4.46. The van der Waals surface area contributed by atoms with Crippen LogP contribution in [0.15, 0.2) is 48.5 Å². The summed E-state index contributed by atoms with van der Waals surface area (Å²) < 4.78 is 53.0. The molecule has 23 heavy (non-hydrogen) atoms. The SMILES string of the molecule is Fc1ccc(C(ON2CCC2)c2ccccc2C(F)(F)F)cc1. The van der Waals surface area contributed by atoms with Crippen molar-refractivity contribution < 1.29 is 22.4 Å². The summed E-state index contributed by atoms with van der Waals surface area (Å²) >= 11 is 0. The van der Waals surface area contributed by atoms with Crippen LogP contribution < -0.4 is 0 Å². The molecule has 0 spiro atoms. The lowest BCUT2D eigenvalue weighted by atomic mass is 9.96. The first kappa shape index (κ1) is 16.0. The quantitative estimate of drug-likeness (QED) is 0.764. The van der Waals surface area contributed by atoms with E-state index in [1.165, 1.54) is 36.4 Å². The van der Waals surface area contributed by atoms with Crippen LogP contribution in [0.3, 0.4) is 0 Å². The predicted molar refractivity (Wildman–Crippen MR) is 77.0 cm³/mol. The number of hydroxylamine groups is 2. The van der Waals surface area contributed by atoms with Gasteiger partial charge < -0.3 is 0 Å². The molecular formula is C17H15F4NO. The van der Waals surface area contributed by atoms with E-state index in [1.54, 1.807) is 11.1 Å². The van der Waals surface area contributed by atoms with E-state index in [4.69, 9.17) is 4.84 Å². The Labute approximate surface area is 131 Å². The van der Waals surface area contributed by atoms with Crippen LogP contribution in [0, 0.1) is 5.82 Å². The molecule has 0 amide bonds. The highest BCUT2D eigenvalue weighted by Crippen LogP contribution is 2.38. The van der Waals surface area contributed by atoms with Crippen LogP contribution in [-0.4, -0.2) is 18.2 Å². The molecule has 1 heterocycles. The number of benzene rings is 2. The Bertz CT molecular complexity index is 665. The van der Waals surface area contributed by atoms with Gasteiger partial charge in [0, 0.05) is 13.1 Å². The fourth-order valence-corrected chi connectivity index (χ4v) is 2.46. The Kier molecular flexibility index (Phi) is 4.37. The van der Waals surface area contributed by atoms with E-state index in [9.17, 15) is 17.6 Å². The van der Waals surface area contributed by atoms with Crippen molar-refractivity contribution >= 4 is 0 Å². The van der Waals surface area contributed by atoms with Gasteiger partial charge in [0.05, 0.1) is 5.56 Å². The average molecular weight is 325 g/mol. The Morgan fingerprint density at radius 1 is 0.957 bits per heavy atom. The Balaban J connectivity index is 2.03. The molecule has 1 aliphatic rings. The second-order valence-electron chi connectivity index (χ2n) is 5.40. The minimum absolute atomic E-state index is 0.0264. The van der Waals surface area contributed by atoms with Crippen molar-refractivity contribution in [1.29, 1.82) is 0 Å². The topological polar surface area (TPSA) is 12.5 Å². The first-order valence-electron chi connectivity index (χ1n) is 7.28. The molecule has 0 aliphatic carbocycles. The van der Waals surface area contributed by atoms with Crippen molar-refractivity contribution in [2.24, 2.45) is 0 Å². The maximum atomic E-state index is 13.3. The summed E-state index contributed by atoms with van der Waals surface area (Å²) in [4.78, 5) is 5.75. The van der Waals surface area contributed by atoms with Crippen molar-refractivity contribution in [1.82, 2.24) is 5.06 Å². The molecule has 2 aromatic carbocycles. The van der Waals surface area contributed by atoms with Crippen molar-refractivity contribution in [3.8, 4) is 0 Å². The number of alkyl halides is 3. The largest absolute Gasteiger partial charge is 0.416 e. The average Bonchev–Trinajstić information content (AvgIpc) is 2.47. The standard InChI is InChI=1S/C17H15F4NO/c18-13-8-6-12(7-9-13)16(23-22-10-3-11-22)14-4-1-2-5-15(14)17(19,20)21/h1-2,4-9,16H,3,10-11H2. The maximum Gasteiger partial charge on any atom is 0.416 e. The Morgan fingerprint density at radius 3 is 2.17 bits per heavy atom. The lowest BCUT2D eigenvalue weighted by Gasteiger charge is -2.34. The summed E-state index contributed by atoms with van der Waals surface area (Å²) in [7, 11) is 0. The lowest BCUT2D eigenvalue weighted by molar-refractivity contribution is -0.224. The van der Waals surface area contributed by atoms with Crippen LogP contribution in [-0.2, 0) is 11.0 Å². The number of hydrogen-bond acceptors (Lipinski definition) is 2. The van der Waals surface area contributed by atoms with E-state index in [-0.39, 0.29) is 5.56 Å². The normalized spacial score (nSPS) is 16.9.